The van der Waals surface area contributed by atoms with Crippen molar-refractivity contribution < 1.29 is 4.79 Å². The summed E-state index contributed by atoms with van der Waals surface area (Å²) in [4.78, 5) is 18.6. The number of hydrogen-bond acceptors (Lipinski definition) is 3. The van der Waals surface area contributed by atoms with Crippen molar-refractivity contribution >= 4 is 5.91 Å². The largest absolute Gasteiger partial charge is 0.338 e. The molecule has 1 unspecified atom stereocenters. The minimum atomic E-state index is 0.198. The van der Waals surface area contributed by atoms with Crippen molar-refractivity contribution in [3.05, 3.63) is 30.1 Å². The molecule has 2 rings (SSSR count). The highest BCUT2D eigenvalue weighted by atomic mass is 16.2. The molecular weight excluding hydrogens is 226 g/mol. The maximum Gasteiger partial charge on any atom is 0.228 e. The molecule has 98 valence electrons. The van der Waals surface area contributed by atoms with Crippen LogP contribution in [0, 0.1) is 0 Å². The van der Waals surface area contributed by atoms with Crippen LogP contribution >= 0.6 is 0 Å². The second kappa shape index (κ2) is 6.50. The Labute approximate surface area is 108 Å². The predicted molar refractivity (Wildman–Crippen MR) is 71.2 cm³/mol. The lowest BCUT2D eigenvalue weighted by atomic mass is 10.1. The highest BCUT2D eigenvalue weighted by Crippen LogP contribution is 2.11. The number of carbonyl (C=O) groups is 1. The molecule has 0 saturated carbocycles. The molecule has 0 bridgehead atoms. The van der Waals surface area contributed by atoms with E-state index < -0.39 is 0 Å². The SMILES string of the molecule is CCCN(C(=O)Cc1ccccn1)C1CCNC1. The highest BCUT2D eigenvalue weighted by molar-refractivity contribution is 5.78. The van der Waals surface area contributed by atoms with Crippen molar-refractivity contribution in [2.45, 2.75) is 32.2 Å². The number of amides is 1. The zero-order chi connectivity index (χ0) is 12.8. The monoisotopic (exact) mass is 247 g/mol. The molecule has 1 N–H and O–H groups in total. The lowest BCUT2D eigenvalue weighted by Crippen LogP contribution is -2.42. The first-order valence-electron chi connectivity index (χ1n) is 6.71. The number of aromatic nitrogens is 1. The fraction of sp³-hybridized carbons (Fsp3) is 0.571. The van der Waals surface area contributed by atoms with E-state index in [2.05, 4.69) is 17.2 Å². The van der Waals surface area contributed by atoms with Gasteiger partial charge in [-0.3, -0.25) is 9.78 Å². The molecule has 1 fully saturated rings. The third-order valence-corrected chi connectivity index (χ3v) is 3.32. The molecule has 4 nitrogen and oxygen atoms in total. The maximum atomic E-state index is 12.3. The molecule has 2 heterocycles. The average Bonchev–Trinajstić information content (AvgIpc) is 2.90. The van der Waals surface area contributed by atoms with Gasteiger partial charge in [0.25, 0.3) is 0 Å². The summed E-state index contributed by atoms with van der Waals surface area (Å²) < 4.78 is 0. The standard InChI is InChI=1S/C14H21N3O/c1-2-9-17(13-6-8-15-11-13)14(18)10-12-5-3-4-7-16-12/h3-5,7,13,15H,2,6,8-11H2,1H3. The average molecular weight is 247 g/mol. The molecule has 1 aliphatic rings. The molecular formula is C14H21N3O. The number of rotatable bonds is 5. The number of hydrogen-bond donors (Lipinski definition) is 1. The molecule has 1 aromatic rings. The predicted octanol–water partition coefficient (Wildman–Crippen LogP) is 1.22. The van der Waals surface area contributed by atoms with Gasteiger partial charge in [0.15, 0.2) is 0 Å². The summed E-state index contributed by atoms with van der Waals surface area (Å²) in [5.74, 6) is 0.198. The molecule has 0 aliphatic carbocycles. The van der Waals surface area contributed by atoms with Crippen LogP contribution in [0.15, 0.2) is 24.4 Å². The summed E-state index contributed by atoms with van der Waals surface area (Å²) in [6, 6.07) is 6.07. The summed E-state index contributed by atoms with van der Waals surface area (Å²) in [7, 11) is 0. The number of nitrogens with zero attached hydrogens (tertiary/aromatic N) is 2. The number of carbonyl (C=O) groups excluding carboxylic acids is 1. The van der Waals surface area contributed by atoms with Gasteiger partial charge in [0.05, 0.1) is 6.42 Å². The van der Waals surface area contributed by atoms with Crippen LogP contribution in [0.25, 0.3) is 0 Å². The molecule has 1 aromatic heterocycles. The summed E-state index contributed by atoms with van der Waals surface area (Å²) >= 11 is 0. The van der Waals surface area contributed by atoms with Gasteiger partial charge in [-0.25, -0.2) is 0 Å². The molecule has 0 radical (unpaired) electrons. The van der Waals surface area contributed by atoms with E-state index in [1.54, 1.807) is 6.20 Å². The zero-order valence-corrected chi connectivity index (χ0v) is 10.9. The Morgan fingerprint density at radius 1 is 1.56 bits per heavy atom. The van der Waals surface area contributed by atoms with E-state index in [-0.39, 0.29) is 5.91 Å². The molecule has 4 heteroatoms. The van der Waals surface area contributed by atoms with Gasteiger partial charge in [-0.05, 0) is 31.5 Å². The highest BCUT2D eigenvalue weighted by Gasteiger charge is 2.25. The first kappa shape index (κ1) is 13.0. The van der Waals surface area contributed by atoms with E-state index in [1.165, 1.54) is 0 Å². The third-order valence-electron chi connectivity index (χ3n) is 3.32. The van der Waals surface area contributed by atoms with Crippen LogP contribution in [-0.4, -0.2) is 41.5 Å². The van der Waals surface area contributed by atoms with Crippen molar-refractivity contribution in [1.29, 1.82) is 0 Å². The minimum Gasteiger partial charge on any atom is -0.338 e. The van der Waals surface area contributed by atoms with E-state index >= 15 is 0 Å². The fourth-order valence-electron chi connectivity index (χ4n) is 2.42. The van der Waals surface area contributed by atoms with Crippen molar-refractivity contribution in [1.82, 2.24) is 15.2 Å². The van der Waals surface area contributed by atoms with Gasteiger partial charge in [-0.15, -0.1) is 0 Å². The van der Waals surface area contributed by atoms with Gasteiger partial charge in [0.2, 0.25) is 5.91 Å². The second-order valence-corrected chi connectivity index (χ2v) is 4.73. The van der Waals surface area contributed by atoms with Crippen LogP contribution in [0.3, 0.4) is 0 Å². The first-order valence-corrected chi connectivity index (χ1v) is 6.71. The summed E-state index contributed by atoms with van der Waals surface area (Å²) in [6.45, 7) is 4.90. The number of pyridine rings is 1. The van der Waals surface area contributed by atoms with E-state index in [4.69, 9.17) is 0 Å². The first-order chi connectivity index (χ1) is 8.81. The van der Waals surface area contributed by atoms with Gasteiger partial charge in [-0.2, -0.15) is 0 Å². The second-order valence-electron chi connectivity index (χ2n) is 4.73. The summed E-state index contributed by atoms with van der Waals surface area (Å²) in [5.41, 5.74) is 0.856. The summed E-state index contributed by atoms with van der Waals surface area (Å²) in [5, 5.41) is 3.32. The Morgan fingerprint density at radius 2 is 2.44 bits per heavy atom. The van der Waals surface area contributed by atoms with Crippen LogP contribution in [0.2, 0.25) is 0 Å². The van der Waals surface area contributed by atoms with Crippen molar-refractivity contribution in [2.24, 2.45) is 0 Å². The molecule has 0 spiro atoms. The maximum absolute atomic E-state index is 12.3. The Morgan fingerprint density at radius 3 is 3.06 bits per heavy atom. The van der Waals surface area contributed by atoms with Gasteiger partial charge >= 0.3 is 0 Å². The van der Waals surface area contributed by atoms with Crippen LogP contribution in [0.1, 0.15) is 25.5 Å². The lowest BCUT2D eigenvalue weighted by Gasteiger charge is -2.28. The van der Waals surface area contributed by atoms with Gasteiger partial charge in [0, 0.05) is 31.0 Å². The summed E-state index contributed by atoms with van der Waals surface area (Å²) in [6.07, 6.45) is 4.22. The molecule has 1 saturated heterocycles. The van der Waals surface area contributed by atoms with E-state index in [0.29, 0.717) is 12.5 Å². The quantitative estimate of drug-likeness (QED) is 0.851. The van der Waals surface area contributed by atoms with Crippen LogP contribution in [-0.2, 0) is 11.2 Å². The van der Waals surface area contributed by atoms with Crippen molar-refractivity contribution in [3.63, 3.8) is 0 Å². The van der Waals surface area contributed by atoms with Gasteiger partial charge in [-0.1, -0.05) is 13.0 Å². The van der Waals surface area contributed by atoms with Crippen LogP contribution in [0.5, 0.6) is 0 Å². The van der Waals surface area contributed by atoms with E-state index in [0.717, 1.165) is 38.2 Å². The lowest BCUT2D eigenvalue weighted by molar-refractivity contribution is -0.132. The Balaban J connectivity index is 1.99. The van der Waals surface area contributed by atoms with E-state index in [1.807, 2.05) is 23.1 Å². The van der Waals surface area contributed by atoms with Crippen molar-refractivity contribution in [2.75, 3.05) is 19.6 Å². The topological polar surface area (TPSA) is 45.2 Å². The fourth-order valence-corrected chi connectivity index (χ4v) is 2.42. The van der Waals surface area contributed by atoms with E-state index in [9.17, 15) is 4.79 Å². The molecule has 18 heavy (non-hydrogen) atoms. The van der Waals surface area contributed by atoms with Crippen molar-refractivity contribution in [3.8, 4) is 0 Å². The molecule has 0 aromatic carbocycles. The van der Waals surface area contributed by atoms with Gasteiger partial charge < -0.3 is 10.2 Å². The van der Waals surface area contributed by atoms with Gasteiger partial charge in [0.1, 0.15) is 0 Å². The third kappa shape index (κ3) is 3.29. The Hall–Kier alpha value is -1.42. The molecule has 1 aliphatic heterocycles. The molecule has 1 atom stereocenters. The van der Waals surface area contributed by atoms with Crippen LogP contribution in [0.4, 0.5) is 0 Å². The molecule has 1 amide bonds. The Bertz CT molecular complexity index is 374. The smallest absolute Gasteiger partial charge is 0.228 e. The normalized spacial score (nSPS) is 18.8. The minimum absolute atomic E-state index is 0.198. The zero-order valence-electron chi connectivity index (χ0n) is 10.9. The van der Waals surface area contributed by atoms with Crippen LogP contribution < -0.4 is 5.32 Å². The number of nitrogens with one attached hydrogen (secondary N) is 1. The Kier molecular flexibility index (Phi) is 4.70.